The summed E-state index contributed by atoms with van der Waals surface area (Å²) in [4.78, 5) is 33.8. The first kappa shape index (κ1) is 18.2. The molecule has 0 bridgehead atoms. The van der Waals surface area contributed by atoms with E-state index in [1.54, 1.807) is 14.7 Å². The minimum atomic E-state index is -2.34. The quantitative estimate of drug-likeness (QED) is 0.788. The zero-order valence-corrected chi connectivity index (χ0v) is 14.8. The molecule has 3 rings (SSSR count). The standard InChI is InChI=1S/C16H22F2N4O2S/c17-13(18)10-20-4-2-5-21(8-7-20)15(24)9-12-11-25-16(19-12)22-6-1-3-14(22)23/h11,13H,1-10H2. The van der Waals surface area contributed by atoms with Crippen LogP contribution in [-0.4, -0.2) is 72.3 Å². The van der Waals surface area contributed by atoms with E-state index in [9.17, 15) is 18.4 Å². The molecule has 138 valence electrons. The molecular formula is C16H22F2N4O2S. The lowest BCUT2D eigenvalue weighted by atomic mass is 10.3. The summed E-state index contributed by atoms with van der Waals surface area (Å²) in [6.07, 6.45) is -0.0630. The van der Waals surface area contributed by atoms with Gasteiger partial charge >= 0.3 is 0 Å². The first-order valence-corrected chi connectivity index (χ1v) is 9.44. The first-order chi connectivity index (χ1) is 12.0. The van der Waals surface area contributed by atoms with Crippen molar-refractivity contribution in [2.75, 3.05) is 44.2 Å². The number of thiazole rings is 1. The minimum absolute atomic E-state index is 0.0384. The van der Waals surface area contributed by atoms with E-state index in [1.165, 1.54) is 11.3 Å². The fraction of sp³-hybridized carbons (Fsp3) is 0.688. The number of amides is 2. The van der Waals surface area contributed by atoms with Crippen LogP contribution in [0.3, 0.4) is 0 Å². The molecule has 0 radical (unpaired) electrons. The fourth-order valence-corrected chi connectivity index (χ4v) is 4.08. The molecule has 0 aliphatic carbocycles. The Balaban J connectivity index is 1.54. The Morgan fingerprint density at radius 1 is 1.20 bits per heavy atom. The van der Waals surface area contributed by atoms with Crippen LogP contribution in [0, 0.1) is 0 Å². The van der Waals surface area contributed by atoms with Gasteiger partial charge in [-0.3, -0.25) is 19.4 Å². The average Bonchev–Trinajstić information content (AvgIpc) is 3.11. The number of halogens is 2. The molecule has 2 aliphatic rings. The third kappa shape index (κ3) is 4.72. The summed E-state index contributed by atoms with van der Waals surface area (Å²) in [5, 5.41) is 2.48. The van der Waals surface area contributed by atoms with Gasteiger partial charge in [-0.1, -0.05) is 0 Å². The largest absolute Gasteiger partial charge is 0.341 e. The number of alkyl halides is 2. The lowest BCUT2D eigenvalue weighted by Crippen LogP contribution is -2.37. The van der Waals surface area contributed by atoms with Gasteiger partial charge < -0.3 is 4.90 Å². The molecule has 2 aliphatic heterocycles. The number of anilines is 1. The Hall–Kier alpha value is -1.61. The van der Waals surface area contributed by atoms with Crippen molar-refractivity contribution >= 4 is 28.3 Å². The van der Waals surface area contributed by atoms with E-state index in [2.05, 4.69) is 4.98 Å². The highest BCUT2D eigenvalue weighted by Crippen LogP contribution is 2.25. The van der Waals surface area contributed by atoms with Gasteiger partial charge in [-0.15, -0.1) is 11.3 Å². The summed E-state index contributed by atoms with van der Waals surface area (Å²) < 4.78 is 25.0. The number of nitrogens with zero attached hydrogens (tertiary/aromatic N) is 4. The van der Waals surface area contributed by atoms with Crippen molar-refractivity contribution in [2.24, 2.45) is 0 Å². The molecule has 0 spiro atoms. The predicted molar refractivity (Wildman–Crippen MR) is 91.0 cm³/mol. The molecule has 0 unspecified atom stereocenters. The van der Waals surface area contributed by atoms with Crippen LogP contribution in [0.2, 0.25) is 0 Å². The Kier molecular flexibility index (Phi) is 5.95. The van der Waals surface area contributed by atoms with E-state index in [4.69, 9.17) is 0 Å². The highest BCUT2D eigenvalue weighted by molar-refractivity contribution is 7.14. The van der Waals surface area contributed by atoms with Gasteiger partial charge in [-0.2, -0.15) is 0 Å². The third-order valence-electron chi connectivity index (χ3n) is 4.51. The number of hydrogen-bond acceptors (Lipinski definition) is 5. The second-order valence-corrected chi connectivity index (χ2v) is 7.21. The van der Waals surface area contributed by atoms with Crippen LogP contribution in [0.15, 0.2) is 5.38 Å². The van der Waals surface area contributed by atoms with E-state index in [-0.39, 0.29) is 24.8 Å². The van der Waals surface area contributed by atoms with E-state index >= 15 is 0 Å². The molecular weight excluding hydrogens is 350 g/mol. The van der Waals surface area contributed by atoms with Crippen molar-refractivity contribution in [3.63, 3.8) is 0 Å². The first-order valence-electron chi connectivity index (χ1n) is 8.56. The summed E-state index contributed by atoms with van der Waals surface area (Å²) >= 11 is 1.38. The smallest absolute Gasteiger partial charge is 0.251 e. The third-order valence-corrected chi connectivity index (χ3v) is 5.43. The van der Waals surface area contributed by atoms with Gasteiger partial charge in [0.15, 0.2) is 5.13 Å². The van der Waals surface area contributed by atoms with E-state index in [0.29, 0.717) is 56.4 Å². The summed E-state index contributed by atoms with van der Waals surface area (Å²) in [7, 11) is 0. The number of aromatic nitrogens is 1. The van der Waals surface area contributed by atoms with Crippen molar-refractivity contribution < 1.29 is 18.4 Å². The van der Waals surface area contributed by atoms with Crippen LogP contribution >= 0.6 is 11.3 Å². The van der Waals surface area contributed by atoms with Crippen LogP contribution in [0.1, 0.15) is 25.0 Å². The lowest BCUT2D eigenvalue weighted by Gasteiger charge is -2.21. The Morgan fingerprint density at radius 3 is 2.76 bits per heavy atom. The predicted octanol–water partition coefficient (Wildman–Crippen LogP) is 1.61. The summed E-state index contributed by atoms with van der Waals surface area (Å²) in [5.74, 6) is 0.0439. The molecule has 2 saturated heterocycles. The van der Waals surface area contributed by atoms with Gasteiger partial charge in [0, 0.05) is 44.5 Å². The van der Waals surface area contributed by atoms with Crippen LogP contribution < -0.4 is 4.90 Å². The fourth-order valence-electron chi connectivity index (χ4n) is 3.22. The Labute approximate surface area is 149 Å². The maximum absolute atomic E-state index is 12.5. The second kappa shape index (κ2) is 8.18. The van der Waals surface area contributed by atoms with Gasteiger partial charge in [-0.25, -0.2) is 13.8 Å². The zero-order valence-electron chi connectivity index (χ0n) is 14.0. The van der Waals surface area contributed by atoms with Crippen molar-refractivity contribution in [2.45, 2.75) is 32.1 Å². The molecule has 1 aromatic rings. The molecule has 2 fully saturated rings. The number of carbonyl (C=O) groups excluding carboxylic acids is 2. The van der Waals surface area contributed by atoms with E-state index in [0.717, 1.165) is 6.42 Å². The van der Waals surface area contributed by atoms with Gasteiger partial charge in [0.25, 0.3) is 6.43 Å². The monoisotopic (exact) mass is 372 g/mol. The minimum Gasteiger partial charge on any atom is -0.341 e. The average molecular weight is 372 g/mol. The van der Waals surface area contributed by atoms with Crippen molar-refractivity contribution in [3.8, 4) is 0 Å². The Bertz CT molecular complexity index is 625. The molecule has 0 atom stereocenters. The summed E-state index contributed by atoms with van der Waals surface area (Å²) in [6.45, 7) is 2.56. The van der Waals surface area contributed by atoms with Crippen molar-refractivity contribution in [3.05, 3.63) is 11.1 Å². The lowest BCUT2D eigenvalue weighted by molar-refractivity contribution is -0.130. The molecule has 3 heterocycles. The van der Waals surface area contributed by atoms with Crippen LogP contribution in [0.5, 0.6) is 0 Å². The number of hydrogen-bond donors (Lipinski definition) is 0. The molecule has 2 amide bonds. The van der Waals surface area contributed by atoms with E-state index < -0.39 is 6.43 Å². The van der Waals surface area contributed by atoms with Gasteiger partial charge in [-0.05, 0) is 12.8 Å². The second-order valence-electron chi connectivity index (χ2n) is 6.37. The van der Waals surface area contributed by atoms with Gasteiger partial charge in [0.05, 0.1) is 18.7 Å². The van der Waals surface area contributed by atoms with E-state index in [1.807, 2.05) is 5.38 Å². The zero-order chi connectivity index (χ0) is 17.8. The van der Waals surface area contributed by atoms with Crippen LogP contribution in [0.25, 0.3) is 0 Å². The van der Waals surface area contributed by atoms with Crippen molar-refractivity contribution in [1.29, 1.82) is 0 Å². The maximum Gasteiger partial charge on any atom is 0.251 e. The Morgan fingerprint density at radius 2 is 2.04 bits per heavy atom. The number of carbonyl (C=O) groups is 2. The topological polar surface area (TPSA) is 56.8 Å². The van der Waals surface area contributed by atoms with Crippen LogP contribution in [-0.2, 0) is 16.0 Å². The van der Waals surface area contributed by atoms with Gasteiger partial charge in [0.2, 0.25) is 11.8 Å². The molecule has 1 aromatic heterocycles. The molecule has 25 heavy (non-hydrogen) atoms. The number of rotatable bonds is 5. The highest BCUT2D eigenvalue weighted by Gasteiger charge is 2.25. The molecule has 0 saturated carbocycles. The normalized spacial score (nSPS) is 19.7. The summed E-state index contributed by atoms with van der Waals surface area (Å²) in [6, 6.07) is 0. The van der Waals surface area contributed by atoms with Crippen molar-refractivity contribution in [1.82, 2.24) is 14.8 Å². The molecule has 6 nitrogen and oxygen atoms in total. The highest BCUT2D eigenvalue weighted by atomic mass is 32.1. The molecule has 0 aromatic carbocycles. The molecule has 0 N–H and O–H groups in total. The SMILES string of the molecule is O=C(Cc1csc(N2CCCC2=O)n1)N1CCCN(CC(F)F)CC1. The van der Waals surface area contributed by atoms with Crippen LogP contribution in [0.4, 0.5) is 13.9 Å². The van der Waals surface area contributed by atoms with Gasteiger partial charge in [0.1, 0.15) is 0 Å². The summed E-state index contributed by atoms with van der Waals surface area (Å²) in [5.41, 5.74) is 0.665. The molecule has 9 heteroatoms. The maximum atomic E-state index is 12.5.